The van der Waals surface area contributed by atoms with Crippen LogP contribution >= 0.6 is 0 Å². The van der Waals surface area contributed by atoms with Crippen LogP contribution in [-0.4, -0.2) is 26.3 Å². The third kappa shape index (κ3) is 4.43. The Kier molecular flexibility index (Phi) is 5.56. The summed E-state index contributed by atoms with van der Waals surface area (Å²) >= 11 is 0. The molecule has 2 aromatic carbocycles. The number of hydrogen-bond acceptors (Lipinski definition) is 4. The van der Waals surface area contributed by atoms with Crippen LogP contribution in [0.3, 0.4) is 0 Å². The van der Waals surface area contributed by atoms with Gasteiger partial charge >= 0.3 is 0 Å². The minimum Gasteiger partial charge on any atom is -0.467 e. The van der Waals surface area contributed by atoms with Crippen LogP contribution in [0.4, 0.5) is 5.69 Å². The molecule has 28 heavy (non-hydrogen) atoms. The van der Waals surface area contributed by atoms with Gasteiger partial charge in [0.05, 0.1) is 17.7 Å². The van der Waals surface area contributed by atoms with Gasteiger partial charge in [0.25, 0.3) is 15.9 Å². The van der Waals surface area contributed by atoms with E-state index in [1.807, 2.05) is 19.1 Å². The number of nitrogens with zero attached hydrogens (tertiary/aromatic N) is 1. The Morgan fingerprint density at radius 3 is 2.43 bits per heavy atom. The molecule has 0 atom stereocenters. The average Bonchev–Trinajstić information content (AvgIpc) is 3.16. The Bertz CT molecular complexity index is 1070. The van der Waals surface area contributed by atoms with Gasteiger partial charge < -0.3 is 9.32 Å². The number of aryl methyl sites for hydroxylation is 2. The minimum absolute atomic E-state index is 0.0356. The number of carbonyl (C=O) groups is 1. The average molecular weight is 398 g/mol. The molecule has 0 aliphatic carbocycles. The molecule has 6 nitrogen and oxygen atoms in total. The monoisotopic (exact) mass is 398 g/mol. The third-order valence-electron chi connectivity index (χ3n) is 4.37. The van der Waals surface area contributed by atoms with E-state index in [4.69, 9.17) is 4.42 Å². The second-order valence-electron chi connectivity index (χ2n) is 6.69. The van der Waals surface area contributed by atoms with E-state index in [2.05, 4.69) is 4.72 Å². The number of rotatable bonds is 6. The van der Waals surface area contributed by atoms with E-state index in [1.165, 1.54) is 17.0 Å². The van der Waals surface area contributed by atoms with E-state index in [1.54, 1.807) is 50.6 Å². The zero-order valence-electron chi connectivity index (χ0n) is 16.0. The van der Waals surface area contributed by atoms with Crippen LogP contribution in [0.1, 0.15) is 27.2 Å². The molecule has 0 radical (unpaired) electrons. The zero-order valence-corrected chi connectivity index (χ0v) is 16.8. The lowest BCUT2D eigenvalue weighted by molar-refractivity contribution is 0.0774. The molecule has 0 aliphatic rings. The molecule has 3 aromatic rings. The zero-order chi connectivity index (χ0) is 20.3. The summed E-state index contributed by atoms with van der Waals surface area (Å²) in [5.41, 5.74) is 2.53. The highest BCUT2D eigenvalue weighted by molar-refractivity contribution is 7.92. The van der Waals surface area contributed by atoms with E-state index < -0.39 is 10.0 Å². The molecule has 146 valence electrons. The quantitative estimate of drug-likeness (QED) is 0.681. The summed E-state index contributed by atoms with van der Waals surface area (Å²) in [7, 11) is -2.17. The molecule has 0 fully saturated rings. The SMILES string of the molecule is Cc1ccc(NS(=O)(=O)c2ccc(C)c(C(=O)N(C)Cc3ccco3)c2)cc1. The molecule has 0 aliphatic heterocycles. The number of hydrogen-bond donors (Lipinski definition) is 1. The summed E-state index contributed by atoms with van der Waals surface area (Å²) in [6.07, 6.45) is 1.54. The molecule has 0 unspecified atom stereocenters. The van der Waals surface area contributed by atoms with Crippen LogP contribution in [0.5, 0.6) is 0 Å². The molecule has 1 N–H and O–H groups in total. The van der Waals surface area contributed by atoms with Crippen LogP contribution < -0.4 is 4.72 Å². The van der Waals surface area contributed by atoms with Gasteiger partial charge in [-0.15, -0.1) is 0 Å². The molecule has 7 heteroatoms. The molecular formula is C21H22N2O4S. The molecule has 0 saturated heterocycles. The molecule has 1 aromatic heterocycles. The van der Waals surface area contributed by atoms with E-state index in [-0.39, 0.29) is 10.8 Å². The fraction of sp³-hybridized carbons (Fsp3) is 0.190. The predicted octanol–water partition coefficient (Wildman–Crippen LogP) is 3.97. The highest BCUT2D eigenvalue weighted by Gasteiger charge is 2.20. The minimum atomic E-state index is -3.81. The van der Waals surface area contributed by atoms with E-state index >= 15 is 0 Å². The first-order valence-corrected chi connectivity index (χ1v) is 10.2. The Hall–Kier alpha value is -3.06. The van der Waals surface area contributed by atoms with Gasteiger partial charge in [-0.3, -0.25) is 9.52 Å². The van der Waals surface area contributed by atoms with Crippen molar-refractivity contribution < 1.29 is 17.6 Å². The summed E-state index contributed by atoms with van der Waals surface area (Å²) in [5.74, 6) is 0.375. The number of nitrogens with one attached hydrogen (secondary N) is 1. The number of anilines is 1. The molecule has 1 amide bonds. The fourth-order valence-corrected chi connectivity index (χ4v) is 3.83. The van der Waals surface area contributed by atoms with E-state index in [0.717, 1.165) is 5.56 Å². The summed E-state index contributed by atoms with van der Waals surface area (Å²) in [4.78, 5) is 14.4. The Morgan fingerprint density at radius 1 is 1.07 bits per heavy atom. The van der Waals surface area contributed by atoms with Crippen molar-refractivity contribution in [1.29, 1.82) is 0 Å². The molecule has 0 saturated carbocycles. The van der Waals surface area contributed by atoms with Crippen molar-refractivity contribution in [3.63, 3.8) is 0 Å². The maximum absolute atomic E-state index is 12.8. The lowest BCUT2D eigenvalue weighted by Crippen LogP contribution is -2.27. The van der Waals surface area contributed by atoms with Crippen LogP contribution in [0.25, 0.3) is 0 Å². The smallest absolute Gasteiger partial charge is 0.261 e. The topological polar surface area (TPSA) is 79.6 Å². The Morgan fingerprint density at radius 2 is 1.79 bits per heavy atom. The summed E-state index contributed by atoms with van der Waals surface area (Å²) in [5, 5.41) is 0. The Labute approximate surface area is 164 Å². The fourth-order valence-electron chi connectivity index (χ4n) is 2.75. The van der Waals surface area contributed by atoms with Crippen molar-refractivity contribution in [2.45, 2.75) is 25.3 Å². The summed E-state index contributed by atoms with van der Waals surface area (Å²) in [6, 6.07) is 15.1. The first-order valence-electron chi connectivity index (χ1n) is 8.74. The van der Waals surface area contributed by atoms with Gasteiger partial charge in [-0.05, 0) is 55.8 Å². The van der Waals surface area contributed by atoms with Gasteiger partial charge in [-0.25, -0.2) is 8.42 Å². The molecular weight excluding hydrogens is 376 g/mol. The van der Waals surface area contributed by atoms with Crippen molar-refractivity contribution in [2.24, 2.45) is 0 Å². The summed E-state index contributed by atoms with van der Waals surface area (Å²) < 4.78 is 33.3. The van der Waals surface area contributed by atoms with Gasteiger partial charge in [0, 0.05) is 18.3 Å². The normalized spacial score (nSPS) is 11.2. The number of carbonyl (C=O) groups excluding carboxylic acids is 1. The highest BCUT2D eigenvalue weighted by Crippen LogP contribution is 2.21. The Balaban J connectivity index is 1.85. The molecule has 0 spiro atoms. The van der Waals surface area contributed by atoms with Crippen LogP contribution in [0.2, 0.25) is 0 Å². The highest BCUT2D eigenvalue weighted by atomic mass is 32.2. The van der Waals surface area contributed by atoms with Crippen LogP contribution in [0, 0.1) is 13.8 Å². The number of sulfonamides is 1. The lowest BCUT2D eigenvalue weighted by atomic mass is 10.1. The largest absolute Gasteiger partial charge is 0.467 e. The maximum atomic E-state index is 12.8. The van der Waals surface area contributed by atoms with Crippen molar-refractivity contribution in [2.75, 3.05) is 11.8 Å². The van der Waals surface area contributed by atoms with E-state index in [9.17, 15) is 13.2 Å². The number of furan rings is 1. The number of amides is 1. The molecule has 1 heterocycles. The van der Waals surface area contributed by atoms with Crippen molar-refractivity contribution in [3.05, 3.63) is 83.3 Å². The van der Waals surface area contributed by atoms with E-state index in [0.29, 0.717) is 29.1 Å². The predicted molar refractivity (Wildman–Crippen MR) is 108 cm³/mol. The third-order valence-corrected chi connectivity index (χ3v) is 5.75. The first-order chi connectivity index (χ1) is 13.3. The van der Waals surface area contributed by atoms with Gasteiger partial charge in [0.15, 0.2) is 0 Å². The number of benzene rings is 2. The van der Waals surface area contributed by atoms with Crippen molar-refractivity contribution in [1.82, 2.24) is 4.90 Å². The standard InChI is InChI=1S/C21H22N2O4S/c1-15-6-9-17(10-7-15)22-28(25,26)19-11-8-16(2)20(13-19)21(24)23(3)14-18-5-4-12-27-18/h4-13,22H,14H2,1-3H3. The van der Waals surface area contributed by atoms with Gasteiger partial charge in [0.2, 0.25) is 0 Å². The second-order valence-corrected chi connectivity index (χ2v) is 8.37. The van der Waals surface area contributed by atoms with Crippen LogP contribution in [-0.2, 0) is 16.6 Å². The van der Waals surface area contributed by atoms with Gasteiger partial charge in [0.1, 0.15) is 5.76 Å². The van der Waals surface area contributed by atoms with Crippen molar-refractivity contribution in [3.8, 4) is 0 Å². The molecule has 0 bridgehead atoms. The second kappa shape index (κ2) is 7.90. The lowest BCUT2D eigenvalue weighted by Gasteiger charge is -2.18. The maximum Gasteiger partial charge on any atom is 0.261 e. The van der Waals surface area contributed by atoms with Gasteiger partial charge in [-0.1, -0.05) is 23.8 Å². The van der Waals surface area contributed by atoms with Gasteiger partial charge in [-0.2, -0.15) is 0 Å². The summed E-state index contributed by atoms with van der Waals surface area (Å²) in [6.45, 7) is 4.00. The molecule has 3 rings (SSSR count). The first kappa shape index (κ1) is 19.7. The van der Waals surface area contributed by atoms with Crippen LogP contribution in [0.15, 0.2) is 70.2 Å². The van der Waals surface area contributed by atoms with Crippen molar-refractivity contribution >= 4 is 21.6 Å².